The van der Waals surface area contributed by atoms with Crippen LogP contribution in [0.3, 0.4) is 0 Å². The molecule has 3 rings (SSSR count). The molecule has 0 heterocycles. The van der Waals surface area contributed by atoms with Crippen LogP contribution in [0, 0.1) is 6.92 Å². The average Bonchev–Trinajstić information content (AvgIpc) is 3.03. The van der Waals surface area contributed by atoms with Gasteiger partial charge in [-0.15, -0.1) is 0 Å². The van der Waals surface area contributed by atoms with Crippen molar-refractivity contribution in [3.05, 3.63) is 59.2 Å². The summed E-state index contributed by atoms with van der Waals surface area (Å²) < 4.78 is 28.1. The van der Waals surface area contributed by atoms with E-state index in [1.54, 1.807) is 19.2 Å². The van der Waals surface area contributed by atoms with Crippen molar-refractivity contribution in [2.75, 3.05) is 7.11 Å². The van der Waals surface area contributed by atoms with Gasteiger partial charge in [0.25, 0.3) is 0 Å². The predicted octanol–water partition coefficient (Wildman–Crippen LogP) is 3.75. The van der Waals surface area contributed by atoms with Crippen LogP contribution in [0.1, 0.15) is 36.0 Å². The van der Waals surface area contributed by atoms with Gasteiger partial charge in [-0.3, -0.25) is 0 Å². The Kier molecular flexibility index (Phi) is 4.47. The third-order valence-electron chi connectivity index (χ3n) is 4.49. The van der Waals surface area contributed by atoms with Crippen LogP contribution in [0.4, 0.5) is 0 Å². The molecule has 0 aliphatic heterocycles. The summed E-state index contributed by atoms with van der Waals surface area (Å²) in [6.07, 6.45) is 3.12. The second-order valence-electron chi connectivity index (χ2n) is 6.06. The van der Waals surface area contributed by atoms with E-state index in [1.165, 1.54) is 16.7 Å². The van der Waals surface area contributed by atoms with Crippen molar-refractivity contribution in [3.63, 3.8) is 0 Å². The number of aryl methyl sites for hydroxylation is 1. The molecule has 0 bridgehead atoms. The number of sulfonamides is 1. The van der Waals surface area contributed by atoms with Gasteiger partial charge in [-0.25, -0.2) is 13.6 Å². The van der Waals surface area contributed by atoms with Gasteiger partial charge in [-0.1, -0.05) is 18.2 Å². The molecule has 5 heteroatoms. The van der Waals surface area contributed by atoms with Crippen LogP contribution in [0.2, 0.25) is 0 Å². The maximum Gasteiger partial charge on any atom is 0.238 e. The van der Waals surface area contributed by atoms with E-state index in [1.807, 2.05) is 25.1 Å². The summed E-state index contributed by atoms with van der Waals surface area (Å²) in [6.45, 7) is 2.04. The highest BCUT2D eigenvalue weighted by Crippen LogP contribution is 2.40. The summed E-state index contributed by atoms with van der Waals surface area (Å²) in [6, 6.07) is 13.1. The normalized spacial score (nSPS) is 15.0. The molecule has 0 amide bonds. The highest BCUT2D eigenvalue weighted by Gasteiger charge is 2.19. The molecule has 0 saturated heterocycles. The van der Waals surface area contributed by atoms with E-state index < -0.39 is 10.0 Å². The number of primary sulfonamides is 1. The highest BCUT2D eigenvalue weighted by atomic mass is 32.2. The summed E-state index contributed by atoms with van der Waals surface area (Å²) in [7, 11) is -1.98. The van der Waals surface area contributed by atoms with Crippen LogP contribution in [0.25, 0.3) is 11.1 Å². The fourth-order valence-corrected chi connectivity index (χ4v) is 3.81. The van der Waals surface area contributed by atoms with E-state index >= 15 is 0 Å². The van der Waals surface area contributed by atoms with Gasteiger partial charge in [-0.05, 0) is 78.3 Å². The van der Waals surface area contributed by atoms with Crippen LogP contribution < -0.4 is 9.88 Å². The van der Waals surface area contributed by atoms with E-state index in [2.05, 4.69) is 12.1 Å². The molecular weight excluding hydrogens is 322 g/mol. The largest absolute Gasteiger partial charge is 0.496 e. The van der Waals surface area contributed by atoms with Gasteiger partial charge in [-0.2, -0.15) is 0 Å². The Morgan fingerprint density at radius 3 is 2.08 bits per heavy atom. The molecule has 2 N–H and O–H groups in total. The third-order valence-corrected chi connectivity index (χ3v) is 5.42. The number of hydrogen-bond acceptors (Lipinski definition) is 3. The number of rotatable bonds is 4. The number of allylic oxidation sites excluding steroid dienone is 2. The first-order valence-electron chi connectivity index (χ1n) is 7.90. The number of nitrogens with two attached hydrogens (primary N) is 1. The molecule has 2 aromatic carbocycles. The zero-order chi connectivity index (χ0) is 17.3. The minimum absolute atomic E-state index is 0.145. The first-order valence-corrected chi connectivity index (χ1v) is 9.45. The van der Waals surface area contributed by atoms with Crippen molar-refractivity contribution in [1.29, 1.82) is 0 Å². The molecule has 24 heavy (non-hydrogen) atoms. The Labute approximate surface area is 143 Å². The Hall–Kier alpha value is -2.11. The van der Waals surface area contributed by atoms with E-state index in [9.17, 15) is 8.42 Å². The average molecular weight is 343 g/mol. The van der Waals surface area contributed by atoms with Gasteiger partial charge in [0.1, 0.15) is 5.75 Å². The SMILES string of the molecule is COc1ccc(C2=C(c3ccc(S(N)(=O)=O)cc3)CCC2)cc1C. The third kappa shape index (κ3) is 3.23. The predicted molar refractivity (Wildman–Crippen MR) is 96.2 cm³/mol. The fraction of sp³-hybridized carbons (Fsp3) is 0.263. The molecule has 0 radical (unpaired) electrons. The van der Waals surface area contributed by atoms with Gasteiger partial charge in [0.2, 0.25) is 10.0 Å². The second-order valence-corrected chi connectivity index (χ2v) is 7.63. The molecule has 0 spiro atoms. The molecule has 0 unspecified atom stereocenters. The molecule has 0 fully saturated rings. The first-order chi connectivity index (χ1) is 11.4. The first kappa shape index (κ1) is 16.7. The van der Waals surface area contributed by atoms with Gasteiger partial charge in [0.05, 0.1) is 12.0 Å². The number of benzene rings is 2. The summed E-state index contributed by atoms with van der Waals surface area (Å²) >= 11 is 0. The lowest BCUT2D eigenvalue weighted by molar-refractivity contribution is 0.411. The van der Waals surface area contributed by atoms with Crippen molar-refractivity contribution in [2.45, 2.75) is 31.1 Å². The lowest BCUT2D eigenvalue weighted by atomic mass is 9.96. The second kappa shape index (κ2) is 6.42. The molecule has 1 aliphatic rings. The molecule has 2 aromatic rings. The monoisotopic (exact) mass is 343 g/mol. The van der Waals surface area contributed by atoms with E-state index in [4.69, 9.17) is 9.88 Å². The molecule has 1 aliphatic carbocycles. The van der Waals surface area contributed by atoms with Gasteiger partial charge < -0.3 is 4.74 Å². The molecule has 0 aromatic heterocycles. The summed E-state index contributed by atoms with van der Waals surface area (Å²) in [5, 5.41) is 5.17. The fourth-order valence-electron chi connectivity index (χ4n) is 3.29. The summed E-state index contributed by atoms with van der Waals surface area (Å²) in [4.78, 5) is 0.145. The smallest absolute Gasteiger partial charge is 0.238 e. The highest BCUT2D eigenvalue weighted by molar-refractivity contribution is 7.89. The summed E-state index contributed by atoms with van der Waals surface area (Å²) in [5.41, 5.74) is 5.97. The Balaban J connectivity index is 2.02. The van der Waals surface area contributed by atoms with Gasteiger partial charge in [0.15, 0.2) is 0 Å². The Morgan fingerprint density at radius 1 is 0.958 bits per heavy atom. The van der Waals surface area contributed by atoms with E-state index in [-0.39, 0.29) is 4.90 Å². The number of hydrogen-bond donors (Lipinski definition) is 1. The molecule has 4 nitrogen and oxygen atoms in total. The lowest BCUT2D eigenvalue weighted by Crippen LogP contribution is -2.11. The van der Waals surface area contributed by atoms with Crippen LogP contribution in [-0.2, 0) is 10.0 Å². The molecule has 0 atom stereocenters. The van der Waals surface area contributed by atoms with Crippen molar-refractivity contribution in [2.24, 2.45) is 5.14 Å². The van der Waals surface area contributed by atoms with Crippen molar-refractivity contribution < 1.29 is 13.2 Å². The van der Waals surface area contributed by atoms with Crippen molar-refractivity contribution in [3.8, 4) is 5.75 Å². The maximum atomic E-state index is 11.4. The van der Waals surface area contributed by atoms with Crippen LogP contribution in [0.15, 0.2) is 47.4 Å². The minimum Gasteiger partial charge on any atom is -0.496 e. The van der Waals surface area contributed by atoms with Crippen LogP contribution in [0.5, 0.6) is 5.75 Å². The molecule has 0 saturated carbocycles. The zero-order valence-electron chi connectivity index (χ0n) is 13.9. The van der Waals surface area contributed by atoms with Crippen LogP contribution >= 0.6 is 0 Å². The minimum atomic E-state index is -3.65. The summed E-state index contributed by atoms with van der Waals surface area (Å²) in [5.74, 6) is 0.886. The maximum absolute atomic E-state index is 11.4. The quantitative estimate of drug-likeness (QED) is 0.919. The van der Waals surface area contributed by atoms with Crippen molar-refractivity contribution >= 4 is 21.2 Å². The topological polar surface area (TPSA) is 69.4 Å². The number of ether oxygens (including phenoxy) is 1. The molecule has 126 valence electrons. The Bertz CT molecular complexity index is 897. The van der Waals surface area contributed by atoms with Gasteiger partial charge in [0, 0.05) is 0 Å². The zero-order valence-corrected chi connectivity index (χ0v) is 14.7. The van der Waals surface area contributed by atoms with Crippen LogP contribution in [-0.4, -0.2) is 15.5 Å². The van der Waals surface area contributed by atoms with E-state index in [0.717, 1.165) is 36.1 Å². The van der Waals surface area contributed by atoms with Crippen molar-refractivity contribution in [1.82, 2.24) is 0 Å². The van der Waals surface area contributed by atoms with Gasteiger partial charge >= 0.3 is 0 Å². The molecular formula is C19H21NO3S. The standard InChI is InChI=1S/C19H21NO3S/c1-13-12-15(8-11-19(13)23-2)18-5-3-4-17(18)14-6-9-16(10-7-14)24(20,21)22/h6-12H,3-5H2,1-2H3,(H2,20,21,22). The van der Waals surface area contributed by atoms with E-state index in [0.29, 0.717) is 0 Å². The number of methoxy groups -OCH3 is 1. The lowest BCUT2D eigenvalue weighted by Gasteiger charge is -2.11. The Morgan fingerprint density at radius 2 is 1.54 bits per heavy atom.